The van der Waals surface area contributed by atoms with Crippen LogP contribution >= 0.6 is 11.3 Å². The molecule has 0 saturated carbocycles. The Hall–Kier alpha value is -1.00. The van der Waals surface area contributed by atoms with Crippen molar-refractivity contribution >= 4 is 21.6 Å². The van der Waals surface area contributed by atoms with Gasteiger partial charge in [-0.25, -0.2) is 9.37 Å². The van der Waals surface area contributed by atoms with Crippen LogP contribution in [-0.2, 0) is 5.54 Å². The molecule has 1 N–H and O–H groups in total. The molecule has 1 unspecified atom stereocenters. The van der Waals surface area contributed by atoms with Crippen molar-refractivity contribution in [2.75, 3.05) is 6.54 Å². The number of hydrogen-bond donors (Lipinski definition) is 1. The van der Waals surface area contributed by atoms with E-state index in [1.807, 2.05) is 0 Å². The second-order valence-electron chi connectivity index (χ2n) is 4.99. The van der Waals surface area contributed by atoms with Crippen LogP contribution in [-0.4, -0.2) is 11.5 Å². The summed E-state index contributed by atoms with van der Waals surface area (Å²) in [4.78, 5) is 4.72. The third-order valence-corrected chi connectivity index (χ3v) is 4.90. The number of benzene rings is 1. The smallest absolute Gasteiger partial charge is 0.124 e. The number of thiazole rings is 1. The lowest BCUT2D eigenvalue weighted by molar-refractivity contribution is 0.355. The molecule has 2 aromatic rings. The first-order valence-electron chi connectivity index (χ1n) is 6.55. The van der Waals surface area contributed by atoms with Crippen molar-refractivity contribution < 1.29 is 4.39 Å². The zero-order valence-corrected chi connectivity index (χ0v) is 11.3. The highest BCUT2D eigenvalue weighted by Crippen LogP contribution is 2.39. The van der Waals surface area contributed by atoms with Crippen LogP contribution in [0.3, 0.4) is 0 Å². The Morgan fingerprint density at radius 2 is 2.39 bits per heavy atom. The van der Waals surface area contributed by atoms with E-state index >= 15 is 0 Å². The summed E-state index contributed by atoms with van der Waals surface area (Å²) < 4.78 is 14.2. The molecule has 0 bridgehead atoms. The summed E-state index contributed by atoms with van der Waals surface area (Å²) in [5.74, 6) is -0.179. The number of hydrogen-bond acceptors (Lipinski definition) is 3. The largest absolute Gasteiger partial charge is 0.305 e. The summed E-state index contributed by atoms with van der Waals surface area (Å²) in [7, 11) is 0. The van der Waals surface area contributed by atoms with Gasteiger partial charge in [-0.2, -0.15) is 0 Å². The molecule has 0 spiro atoms. The number of fused-ring (bicyclic) bond motifs is 1. The molecule has 3 rings (SSSR count). The van der Waals surface area contributed by atoms with Crippen LogP contribution in [0.2, 0.25) is 0 Å². The van der Waals surface area contributed by atoms with E-state index in [1.165, 1.54) is 12.5 Å². The van der Waals surface area contributed by atoms with Crippen molar-refractivity contribution in [2.45, 2.75) is 38.1 Å². The van der Waals surface area contributed by atoms with Crippen molar-refractivity contribution in [3.63, 3.8) is 0 Å². The number of nitrogens with one attached hydrogen (secondary N) is 1. The van der Waals surface area contributed by atoms with Crippen LogP contribution in [0.15, 0.2) is 18.2 Å². The SMILES string of the molecule is CCCC1(c2nc3ccc(F)cc3s2)CCCN1. The molecule has 0 amide bonds. The molecule has 2 nitrogen and oxygen atoms in total. The molecular weight excluding hydrogens is 247 g/mol. The van der Waals surface area contributed by atoms with E-state index < -0.39 is 0 Å². The van der Waals surface area contributed by atoms with Crippen LogP contribution in [0, 0.1) is 5.82 Å². The highest BCUT2D eigenvalue weighted by Gasteiger charge is 2.37. The molecule has 1 aromatic heterocycles. The van der Waals surface area contributed by atoms with Crippen LogP contribution < -0.4 is 5.32 Å². The number of rotatable bonds is 3. The second kappa shape index (κ2) is 4.59. The minimum atomic E-state index is -0.179. The topological polar surface area (TPSA) is 24.9 Å². The van der Waals surface area contributed by atoms with E-state index in [0.717, 1.165) is 41.0 Å². The fourth-order valence-corrected chi connectivity index (χ4v) is 4.05. The van der Waals surface area contributed by atoms with Gasteiger partial charge < -0.3 is 5.32 Å². The Labute approximate surface area is 110 Å². The molecule has 96 valence electrons. The van der Waals surface area contributed by atoms with Gasteiger partial charge in [0.25, 0.3) is 0 Å². The van der Waals surface area contributed by atoms with E-state index in [-0.39, 0.29) is 11.4 Å². The van der Waals surface area contributed by atoms with Crippen LogP contribution in [0.4, 0.5) is 4.39 Å². The third-order valence-electron chi connectivity index (χ3n) is 3.68. The maximum atomic E-state index is 13.2. The molecule has 18 heavy (non-hydrogen) atoms. The van der Waals surface area contributed by atoms with E-state index in [1.54, 1.807) is 23.5 Å². The summed E-state index contributed by atoms with van der Waals surface area (Å²) in [6, 6.07) is 4.85. The van der Waals surface area contributed by atoms with E-state index in [9.17, 15) is 4.39 Å². The highest BCUT2D eigenvalue weighted by atomic mass is 32.1. The summed E-state index contributed by atoms with van der Waals surface area (Å²) in [5.41, 5.74) is 0.954. The molecule has 0 aliphatic carbocycles. The number of nitrogens with zero attached hydrogens (tertiary/aromatic N) is 1. The predicted molar refractivity (Wildman–Crippen MR) is 73.4 cm³/mol. The summed E-state index contributed by atoms with van der Waals surface area (Å²) in [5, 5.41) is 4.74. The summed E-state index contributed by atoms with van der Waals surface area (Å²) in [6.45, 7) is 3.26. The Morgan fingerprint density at radius 3 is 3.11 bits per heavy atom. The van der Waals surface area contributed by atoms with Gasteiger partial charge in [0.05, 0.1) is 15.8 Å². The molecule has 1 saturated heterocycles. The first kappa shape index (κ1) is 12.1. The molecule has 1 aliphatic heterocycles. The first-order valence-corrected chi connectivity index (χ1v) is 7.37. The lowest BCUT2D eigenvalue weighted by Gasteiger charge is -2.26. The van der Waals surface area contributed by atoms with Gasteiger partial charge in [0.15, 0.2) is 0 Å². The fourth-order valence-electron chi connectivity index (χ4n) is 2.84. The molecule has 1 fully saturated rings. The third kappa shape index (κ3) is 1.93. The Morgan fingerprint density at radius 1 is 1.50 bits per heavy atom. The van der Waals surface area contributed by atoms with Crippen molar-refractivity contribution in [2.24, 2.45) is 0 Å². The van der Waals surface area contributed by atoms with Crippen molar-refractivity contribution in [1.29, 1.82) is 0 Å². The van der Waals surface area contributed by atoms with Crippen molar-refractivity contribution in [1.82, 2.24) is 10.3 Å². The minimum Gasteiger partial charge on any atom is -0.305 e. The van der Waals surface area contributed by atoms with Crippen LogP contribution in [0.1, 0.15) is 37.6 Å². The van der Waals surface area contributed by atoms with Crippen molar-refractivity contribution in [3.8, 4) is 0 Å². The second-order valence-corrected chi connectivity index (χ2v) is 6.02. The van der Waals surface area contributed by atoms with E-state index in [0.29, 0.717) is 0 Å². The maximum Gasteiger partial charge on any atom is 0.124 e. The van der Waals surface area contributed by atoms with Gasteiger partial charge in [-0.15, -0.1) is 11.3 Å². The van der Waals surface area contributed by atoms with E-state index in [4.69, 9.17) is 4.98 Å². The quantitative estimate of drug-likeness (QED) is 0.911. The summed E-state index contributed by atoms with van der Waals surface area (Å²) in [6.07, 6.45) is 4.58. The van der Waals surface area contributed by atoms with Gasteiger partial charge in [0.2, 0.25) is 0 Å². The monoisotopic (exact) mass is 264 g/mol. The Bertz CT molecular complexity index is 558. The zero-order valence-electron chi connectivity index (χ0n) is 10.5. The van der Waals surface area contributed by atoms with Crippen LogP contribution in [0.25, 0.3) is 10.2 Å². The number of aromatic nitrogens is 1. The lowest BCUT2D eigenvalue weighted by Crippen LogP contribution is -2.36. The molecule has 4 heteroatoms. The minimum absolute atomic E-state index is 0.0366. The molecule has 1 atom stereocenters. The van der Waals surface area contributed by atoms with Crippen LogP contribution in [0.5, 0.6) is 0 Å². The standard InChI is InChI=1S/C14H17FN2S/c1-2-6-14(7-3-8-16-14)13-17-11-5-4-10(15)9-12(11)18-13/h4-5,9,16H,2-3,6-8H2,1H3. The normalized spacial score (nSPS) is 23.9. The highest BCUT2D eigenvalue weighted by molar-refractivity contribution is 7.18. The van der Waals surface area contributed by atoms with Gasteiger partial charge in [-0.05, 0) is 44.0 Å². The van der Waals surface area contributed by atoms with Gasteiger partial charge in [-0.3, -0.25) is 0 Å². The summed E-state index contributed by atoms with van der Waals surface area (Å²) >= 11 is 1.63. The zero-order chi connectivity index (χ0) is 12.6. The molecule has 0 radical (unpaired) electrons. The van der Waals surface area contributed by atoms with Gasteiger partial charge >= 0.3 is 0 Å². The maximum absolute atomic E-state index is 13.2. The molecule has 2 heterocycles. The first-order chi connectivity index (χ1) is 8.73. The average molecular weight is 264 g/mol. The Kier molecular flexibility index (Phi) is 3.08. The van der Waals surface area contributed by atoms with E-state index in [2.05, 4.69) is 12.2 Å². The fraction of sp³-hybridized carbons (Fsp3) is 0.500. The van der Waals surface area contributed by atoms with Gasteiger partial charge in [-0.1, -0.05) is 13.3 Å². The van der Waals surface area contributed by atoms with Crippen molar-refractivity contribution in [3.05, 3.63) is 29.0 Å². The number of halogens is 1. The lowest BCUT2D eigenvalue weighted by atomic mass is 9.93. The van der Waals surface area contributed by atoms with Gasteiger partial charge in [0.1, 0.15) is 10.8 Å². The molecule has 1 aromatic carbocycles. The average Bonchev–Trinajstić information content (AvgIpc) is 2.95. The molecular formula is C14H17FN2S. The predicted octanol–water partition coefficient (Wildman–Crippen LogP) is 3.81. The van der Waals surface area contributed by atoms with Gasteiger partial charge in [0, 0.05) is 0 Å². The Balaban J connectivity index is 2.06. The molecule has 1 aliphatic rings.